The predicted octanol–water partition coefficient (Wildman–Crippen LogP) is 5.11. The van der Waals surface area contributed by atoms with E-state index in [-0.39, 0.29) is 41.0 Å². The summed E-state index contributed by atoms with van der Waals surface area (Å²) in [6, 6.07) is 13.7. The standard InChI is InChI=1S/C30H39NO7SSi/c1-20(38-40(6,7)30(2,3)4)26-25-17-22(19-39(34,35)24-11-9-8-10-12-24)27(31(25)28(26)32)29(33)37-18-21-13-15-23(36-5)16-14-21/h8-16,19-20,25-27H,17-18H2,1-7H3/t20-,25+,26+,27?/m1/s1. The highest BCUT2D eigenvalue weighted by atomic mass is 32.2. The Labute approximate surface area is 238 Å². The van der Waals surface area contributed by atoms with Crippen LogP contribution in [0.25, 0.3) is 0 Å². The molecule has 2 fully saturated rings. The van der Waals surface area contributed by atoms with Crippen molar-refractivity contribution in [1.29, 1.82) is 0 Å². The molecule has 0 bridgehead atoms. The molecule has 10 heteroatoms. The summed E-state index contributed by atoms with van der Waals surface area (Å²) in [6.45, 7) is 12.6. The molecule has 2 saturated heterocycles. The van der Waals surface area contributed by atoms with Gasteiger partial charge in [0.05, 0.1) is 30.1 Å². The highest BCUT2D eigenvalue weighted by Gasteiger charge is 2.61. The van der Waals surface area contributed by atoms with E-state index in [1.165, 1.54) is 17.0 Å². The van der Waals surface area contributed by atoms with Crippen molar-refractivity contribution in [2.24, 2.45) is 5.92 Å². The summed E-state index contributed by atoms with van der Waals surface area (Å²) in [5, 5.41) is 1.11. The van der Waals surface area contributed by atoms with Crippen LogP contribution in [-0.4, -0.2) is 58.8 Å². The highest BCUT2D eigenvalue weighted by Crippen LogP contribution is 2.47. The summed E-state index contributed by atoms with van der Waals surface area (Å²) in [6.07, 6.45) is -0.105. The fourth-order valence-corrected chi connectivity index (χ4v) is 7.83. The third-order valence-electron chi connectivity index (χ3n) is 8.32. The zero-order valence-corrected chi connectivity index (χ0v) is 26.0. The molecule has 4 atom stereocenters. The van der Waals surface area contributed by atoms with E-state index in [1.54, 1.807) is 49.6 Å². The van der Waals surface area contributed by atoms with Crippen LogP contribution >= 0.6 is 0 Å². The minimum Gasteiger partial charge on any atom is -0.497 e. The van der Waals surface area contributed by atoms with Gasteiger partial charge in [-0.15, -0.1) is 0 Å². The Morgan fingerprint density at radius 2 is 1.73 bits per heavy atom. The summed E-state index contributed by atoms with van der Waals surface area (Å²) in [5.74, 6) is -0.659. The van der Waals surface area contributed by atoms with Gasteiger partial charge in [-0.2, -0.15) is 0 Å². The van der Waals surface area contributed by atoms with Crippen LogP contribution in [0.1, 0.15) is 39.7 Å². The minimum absolute atomic E-state index is 0.0148. The number of hydrogen-bond donors (Lipinski definition) is 0. The van der Waals surface area contributed by atoms with Crippen LogP contribution in [-0.2, 0) is 35.2 Å². The van der Waals surface area contributed by atoms with Crippen LogP contribution < -0.4 is 4.74 Å². The van der Waals surface area contributed by atoms with E-state index < -0.39 is 36.1 Å². The number of fused-ring (bicyclic) bond motifs is 1. The Morgan fingerprint density at radius 3 is 2.30 bits per heavy atom. The Balaban J connectivity index is 1.61. The number of benzene rings is 2. The maximum Gasteiger partial charge on any atom is 0.333 e. The lowest BCUT2D eigenvalue weighted by Crippen LogP contribution is -2.66. The van der Waals surface area contributed by atoms with E-state index in [4.69, 9.17) is 13.9 Å². The Bertz CT molecular complexity index is 1380. The molecule has 216 valence electrons. The lowest BCUT2D eigenvalue weighted by atomic mass is 9.84. The second-order valence-electron chi connectivity index (χ2n) is 12.0. The molecule has 1 unspecified atom stereocenters. The van der Waals surface area contributed by atoms with Crippen molar-refractivity contribution >= 4 is 30.0 Å². The van der Waals surface area contributed by atoms with Gasteiger partial charge in [-0.1, -0.05) is 51.1 Å². The van der Waals surface area contributed by atoms with Gasteiger partial charge < -0.3 is 18.8 Å². The van der Waals surface area contributed by atoms with Crippen molar-refractivity contribution in [3.05, 3.63) is 71.1 Å². The Kier molecular flexibility index (Phi) is 8.36. The molecule has 0 aliphatic carbocycles. The quantitative estimate of drug-likeness (QED) is 0.229. The molecule has 0 saturated carbocycles. The van der Waals surface area contributed by atoms with Gasteiger partial charge in [0.2, 0.25) is 5.91 Å². The van der Waals surface area contributed by atoms with Crippen LogP contribution in [0, 0.1) is 5.92 Å². The maximum atomic E-state index is 13.5. The molecule has 40 heavy (non-hydrogen) atoms. The third kappa shape index (κ3) is 5.89. The third-order valence-corrected chi connectivity index (χ3v) is 14.4. The molecule has 2 aromatic rings. The molecular formula is C30H39NO7SSi. The van der Waals surface area contributed by atoms with Gasteiger partial charge >= 0.3 is 5.97 Å². The first-order valence-corrected chi connectivity index (χ1v) is 17.9. The van der Waals surface area contributed by atoms with Gasteiger partial charge in [0.25, 0.3) is 0 Å². The van der Waals surface area contributed by atoms with Crippen molar-refractivity contribution in [2.75, 3.05) is 7.11 Å². The van der Waals surface area contributed by atoms with Crippen molar-refractivity contribution in [1.82, 2.24) is 4.90 Å². The summed E-state index contributed by atoms with van der Waals surface area (Å²) in [7, 11) is -4.45. The molecule has 2 aromatic carbocycles. The average molecular weight is 586 g/mol. The molecule has 2 aliphatic rings. The normalized spacial score (nSPS) is 23.0. The number of sulfone groups is 1. The largest absolute Gasteiger partial charge is 0.497 e. The number of esters is 1. The van der Waals surface area contributed by atoms with Crippen LogP contribution in [0.3, 0.4) is 0 Å². The number of nitrogens with zero attached hydrogens (tertiary/aromatic N) is 1. The molecule has 1 amide bonds. The molecular weight excluding hydrogens is 546 g/mol. The van der Waals surface area contributed by atoms with E-state index in [1.807, 2.05) is 6.92 Å². The Morgan fingerprint density at radius 1 is 1.10 bits per heavy atom. The van der Waals surface area contributed by atoms with Crippen molar-refractivity contribution in [3.8, 4) is 5.75 Å². The van der Waals surface area contributed by atoms with E-state index in [0.717, 1.165) is 11.0 Å². The van der Waals surface area contributed by atoms with Crippen LogP contribution in [0.4, 0.5) is 0 Å². The second kappa shape index (κ2) is 11.1. The molecule has 0 spiro atoms. The minimum atomic E-state index is -3.85. The first-order chi connectivity index (χ1) is 18.7. The van der Waals surface area contributed by atoms with Gasteiger partial charge in [-0.25, -0.2) is 13.2 Å². The average Bonchev–Trinajstić information content (AvgIpc) is 3.20. The molecule has 0 N–H and O–H groups in total. The fraction of sp³-hybridized carbons (Fsp3) is 0.467. The van der Waals surface area contributed by atoms with Crippen LogP contribution in [0.5, 0.6) is 5.75 Å². The number of rotatable bonds is 9. The van der Waals surface area contributed by atoms with Gasteiger partial charge in [0.15, 0.2) is 24.2 Å². The molecule has 0 radical (unpaired) electrons. The zero-order valence-electron chi connectivity index (χ0n) is 24.2. The molecule has 0 aromatic heterocycles. The first kappa shape index (κ1) is 30.0. The number of carbonyl (C=O) groups excluding carboxylic acids is 2. The van der Waals surface area contributed by atoms with Gasteiger partial charge in [0.1, 0.15) is 12.4 Å². The molecule has 2 heterocycles. The number of methoxy groups -OCH3 is 1. The number of hydrogen-bond acceptors (Lipinski definition) is 7. The second-order valence-corrected chi connectivity index (χ2v) is 18.6. The molecule has 4 rings (SSSR count). The summed E-state index contributed by atoms with van der Waals surface area (Å²) in [5.41, 5.74) is 1.10. The maximum absolute atomic E-state index is 13.5. The fourth-order valence-electron chi connectivity index (χ4n) is 5.11. The number of β-lactam (4-membered cyclic amide) rings is 1. The smallest absolute Gasteiger partial charge is 0.333 e. The van der Waals surface area contributed by atoms with E-state index in [2.05, 4.69) is 33.9 Å². The first-order valence-electron chi connectivity index (χ1n) is 13.5. The van der Waals surface area contributed by atoms with Crippen molar-refractivity contribution in [3.63, 3.8) is 0 Å². The molecule has 8 nitrogen and oxygen atoms in total. The highest BCUT2D eigenvalue weighted by molar-refractivity contribution is 7.94. The SMILES string of the molecule is COc1ccc(COC(=O)C2C(=CS(=O)(=O)c3ccccc3)C[C@H]3[C@H]([C@@H](C)O[Si](C)(C)C(C)(C)C)C(=O)N23)cc1. The Hall–Kier alpha value is -2.95. The summed E-state index contributed by atoms with van der Waals surface area (Å²) < 4.78 is 43.9. The van der Waals surface area contributed by atoms with Crippen LogP contribution in [0.2, 0.25) is 18.1 Å². The van der Waals surface area contributed by atoms with Gasteiger partial charge in [-0.05, 0) is 66.9 Å². The number of ether oxygens (including phenoxy) is 2. The van der Waals surface area contributed by atoms with Gasteiger partial charge in [0, 0.05) is 5.41 Å². The molecule has 2 aliphatic heterocycles. The van der Waals surface area contributed by atoms with Crippen molar-refractivity contribution < 1.29 is 31.9 Å². The topological polar surface area (TPSA) is 99.2 Å². The summed E-state index contributed by atoms with van der Waals surface area (Å²) in [4.78, 5) is 28.6. The number of amides is 1. The zero-order chi connectivity index (χ0) is 29.5. The predicted molar refractivity (Wildman–Crippen MR) is 155 cm³/mol. The van der Waals surface area contributed by atoms with E-state index in [0.29, 0.717) is 11.3 Å². The van der Waals surface area contributed by atoms with E-state index >= 15 is 0 Å². The van der Waals surface area contributed by atoms with Gasteiger partial charge in [-0.3, -0.25) is 4.79 Å². The van der Waals surface area contributed by atoms with Crippen LogP contribution in [0.15, 0.2) is 70.5 Å². The van der Waals surface area contributed by atoms with Crippen molar-refractivity contribution in [2.45, 2.75) is 81.9 Å². The lowest BCUT2D eigenvalue weighted by molar-refractivity contribution is -0.171. The summed E-state index contributed by atoms with van der Waals surface area (Å²) >= 11 is 0. The monoisotopic (exact) mass is 585 g/mol. The lowest BCUT2D eigenvalue weighted by Gasteiger charge is -2.49. The van der Waals surface area contributed by atoms with E-state index in [9.17, 15) is 18.0 Å². The number of carbonyl (C=O) groups is 2.